The highest BCUT2D eigenvalue weighted by Gasteiger charge is 2.07. The molecule has 1 aromatic carbocycles. The summed E-state index contributed by atoms with van der Waals surface area (Å²) in [6.45, 7) is 4.16. The Hall–Kier alpha value is -1.27. The van der Waals surface area contributed by atoms with Crippen LogP contribution >= 0.6 is 15.9 Å². The maximum atomic E-state index is 11.8. The van der Waals surface area contributed by atoms with Crippen molar-refractivity contribution < 1.29 is 14.3 Å². The number of benzene rings is 1. The van der Waals surface area contributed by atoms with Crippen LogP contribution in [0.25, 0.3) is 0 Å². The smallest absolute Gasteiger partial charge is 0.319 e. The number of carbonyl (C=O) groups excluding carboxylic acids is 1. The van der Waals surface area contributed by atoms with Crippen LogP contribution < -0.4 is 15.4 Å². The number of amides is 2. The van der Waals surface area contributed by atoms with Gasteiger partial charge in [0, 0.05) is 24.2 Å². The normalized spacial score (nSPS) is 10.2. The highest BCUT2D eigenvalue weighted by Crippen LogP contribution is 2.27. The molecule has 0 saturated carbocycles. The summed E-state index contributed by atoms with van der Waals surface area (Å²) in [5.41, 5.74) is 0.628. The molecule has 0 bridgehead atoms. The first-order valence-electron chi connectivity index (χ1n) is 7.13. The minimum Gasteiger partial charge on any atom is -0.495 e. The molecule has 0 spiro atoms. The van der Waals surface area contributed by atoms with Crippen molar-refractivity contribution >= 4 is 27.6 Å². The van der Waals surface area contributed by atoms with E-state index in [1.54, 1.807) is 19.2 Å². The van der Waals surface area contributed by atoms with E-state index in [2.05, 4.69) is 33.5 Å². The standard InChI is InChI=1S/C15H23BrN2O3/c1-3-4-9-21-10-5-8-17-15(19)18-13-11-12(16)6-7-14(13)20-2/h6-7,11H,3-5,8-10H2,1-2H3,(H2,17,18,19). The molecule has 118 valence electrons. The van der Waals surface area contributed by atoms with E-state index in [-0.39, 0.29) is 6.03 Å². The summed E-state index contributed by atoms with van der Waals surface area (Å²) in [6.07, 6.45) is 3.01. The third-order valence-electron chi connectivity index (χ3n) is 2.80. The van der Waals surface area contributed by atoms with Crippen LogP contribution in [0.3, 0.4) is 0 Å². The fourth-order valence-electron chi connectivity index (χ4n) is 1.67. The Morgan fingerprint density at radius 1 is 1.29 bits per heavy atom. The molecular weight excluding hydrogens is 336 g/mol. The summed E-state index contributed by atoms with van der Waals surface area (Å²) in [4.78, 5) is 11.8. The van der Waals surface area contributed by atoms with Crippen molar-refractivity contribution in [3.05, 3.63) is 22.7 Å². The van der Waals surface area contributed by atoms with Gasteiger partial charge in [0.2, 0.25) is 0 Å². The monoisotopic (exact) mass is 358 g/mol. The van der Waals surface area contributed by atoms with Crippen molar-refractivity contribution in [2.45, 2.75) is 26.2 Å². The van der Waals surface area contributed by atoms with Crippen LogP contribution in [0.15, 0.2) is 22.7 Å². The first-order valence-corrected chi connectivity index (χ1v) is 7.92. The van der Waals surface area contributed by atoms with E-state index in [0.717, 1.165) is 30.3 Å². The molecule has 5 nitrogen and oxygen atoms in total. The molecular formula is C15H23BrN2O3. The highest BCUT2D eigenvalue weighted by atomic mass is 79.9. The topological polar surface area (TPSA) is 59.6 Å². The van der Waals surface area contributed by atoms with Crippen molar-refractivity contribution in [2.75, 3.05) is 32.2 Å². The molecule has 0 unspecified atom stereocenters. The predicted octanol–water partition coefficient (Wildman–Crippen LogP) is 3.79. The first kappa shape index (κ1) is 17.8. The molecule has 1 aromatic rings. The fraction of sp³-hybridized carbons (Fsp3) is 0.533. The lowest BCUT2D eigenvalue weighted by Gasteiger charge is -2.11. The van der Waals surface area contributed by atoms with Gasteiger partial charge in [0.15, 0.2) is 0 Å². The van der Waals surface area contributed by atoms with Gasteiger partial charge in [0.25, 0.3) is 0 Å². The van der Waals surface area contributed by atoms with E-state index in [1.807, 2.05) is 6.07 Å². The lowest BCUT2D eigenvalue weighted by molar-refractivity contribution is 0.129. The molecule has 21 heavy (non-hydrogen) atoms. The summed E-state index contributed by atoms with van der Waals surface area (Å²) >= 11 is 3.37. The fourth-order valence-corrected chi connectivity index (χ4v) is 2.03. The second-order valence-electron chi connectivity index (χ2n) is 4.54. The molecule has 0 saturated heterocycles. The van der Waals surface area contributed by atoms with Crippen LogP contribution in [0.1, 0.15) is 26.2 Å². The zero-order chi connectivity index (χ0) is 15.5. The Labute approximate surface area is 134 Å². The van der Waals surface area contributed by atoms with Crippen LogP contribution in [-0.2, 0) is 4.74 Å². The molecule has 2 amide bonds. The van der Waals surface area contributed by atoms with Gasteiger partial charge in [-0.3, -0.25) is 0 Å². The van der Waals surface area contributed by atoms with Gasteiger partial charge < -0.3 is 20.1 Å². The van der Waals surface area contributed by atoms with E-state index in [4.69, 9.17) is 9.47 Å². The number of unbranched alkanes of at least 4 members (excludes halogenated alkanes) is 1. The minimum absolute atomic E-state index is 0.250. The van der Waals surface area contributed by atoms with Crippen LogP contribution in [0.4, 0.5) is 10.5 Å². The first-order chi connectivity index (χ1) is 10.2. The average Bonchev–Trinajstić information content (AvgIpc) is 2.46. The number of hydrogen-bond acceptors (Lipinski definition) is 3. The van der Waals surface area contributed by atoms with Gasteiger partial charge in [-0.25, -0.2) is 4.79 Å². The van der Waals surface area contributed by atoms with Crippen LogP contribution in [0.2, 0.25) is 0 Å². The zero-order valence-electron chi connectivity index (χ0n) is 12.6. The van der Waals surface area contributed by atoms with Crippen molar-refractivity contribution in [2.24, 2.45) is 0 Å². The molecule has 2 N–H and O–H groups in total. The Balaban J connectivity index is 2.26. The molecule has 1 rings (SSSR count). The zero-order valence-corrected chi connectivity index (χ0v) is 14.2. The predicted molar refractivity (Wildman–Crippen MR) is 88.1 cm³/mol. The maximum absolute atomic E-state index is 11.8. The molecule has 0 atom stereocenters. The highest BCUT2D eigenvalue weighted by molar-refractivity contribution is 9.10. The van der Waals surface area contributed by atoms with Gasteiger partial charge in [-0.2, -0.15) is 0 Å². The summed E-state index contributed by atoms with van der Waals surface area (Å²) < 4.78 is 11.5. The third kappa shape index (κ3) is 7.34. The largest absolute Gasteiger partial charge is 0.495 e. The molecule has 0 aliphatic heterocycles. The number of anilines is 1. The van der Waals surface area contributed by atoms with Crippen molar-refractivity contribution in [3.63, 3.8) is 0 Å². The summed E-state index contributed by atoms with van der Waals surface area (Å²) in [5, 5.41) is 5.56. The summed E-state index contributed by atoms with van der Waals surface area (Å²) in [5.74, 6) is 0.622. The van der Waals surface area contributed by atoms with Gasteiger partial charge in [0.1, 0.15) is 5.75 Å². The van der Waals surface area contributed by atoms with E-state index in [1.165, 1.54) is 0 Å². The number of methoxy groups -OCH3 is 1. The van der Waals surface area contributed by atoms with E-state index in [0.29, 0.717) is 24.6 Å². The van der Waals surface area contributed by atoms with Crippen molar-refractivity contribution in [1.82, 2.24) is 5.32 Å². The van der Waals surface area contributed by atoms with Gasteiger partial charge in [-0.1, -0.05) is 29.3 Å². The number of urea groups is 1. The van der Waals surface area contributed by atoms with Gasteiger partial charge in [-0.05, 0) is 31.0 Å². The molecule has 0 aliphatic carbocycles. The summed E-state index contributed by atoms with van der Waals surface area (Å²) in [6, 6.07) is 5.20. The second kappa shape index (κ2) is 10.5. The number of nitrogens with one attached hydrogen (secondary N) is 2. The Morgan fingerprint density at radius 3 is 2.76 bits per heavy atom. The molecule has 0 aliphatic rings. The summed E-state index contributed by atoms with van der Waals surface area (Å²) in [7, 11) is 1.57. The maximum Gasteiger partial charge on any atom is 0.319 e. The number of ether oxygens (including phenoxy) is 2. The van der Waals surface area contributed by atoms with E-state index >= 15 is 0 Å². The quantitative estimate of drug-likeness (QED) is 0.660. The number of carbonyl (C=O) groups is 1. The van der Waals surface area contributed by atoms with E-state index in [9.17, 15) is 4.79 Å². The van der Waals surface area contributed by atoms with Gasteiger partial charge >= 0.3 is 6.03 Å². The minimum atomic E-state index is -0.250. The van der Waals surface area contributed by atoms with Crippen molar-refractivity contribution in [1.29, 1.82) is 0 Å². The van der Waals surface area contributed by atoms with E-state index < -0.39 is 0 Å². The van der Waals surface area contributed by atoms with Crippen LogP contribution in [-0.4, -0.2) is 32.9 Å². The number of hydrogen-bond donors (Lipinski definition) is 2. The van der Waals surface area contributed by atoms with Gasteiger partial charge in [-0.15, -0.1) is 0 Å². The Morgan fingerprint density at radius 2 is 2.05 bits per heavy atom. The van der Waals surface area contributed by atoms with Gasteiger partial charge in [0.05, 0.1) is 12.8 Å². The third-order valence-corrected chi connectivity index (χ3v) is 3.30. The molecule has 0 heterocycles. The number of rotatable bonds is 9. The lowest BCUT2D eigenvalue weighted by atomic mass is 10.3. The number of halogens is 1. The van der Waals surface area contributed by atoms with Crippen molar-refractivity contribution in [3.8, 4) is 5.75 Å². The molecule has 6 heteroatoms. The average molecular weight is 359 g/mol. The lowest BCUT2D eigenvalue weighted by Crippen LogP contribution is -2.30. The Bertz CT molecular complexity index is 441. The molecule has 0 radical (unpaired) electrons. The molecule has 0 aromatic heterocycles. The van der Waals surface area contributed by atoms with Crippen LogP contribution in [0.5, 0.6) is 5.75 Å². The molecule has 0 fully saturated rings. The second-order valence-corrected chi connectivity index (χ2v) is 5.46. The SMILES string of the molecule is CCCCOCCCNC(=O)Nc1cc(Br)ccc1OC. The Kier molecular flexibility index (Phi) is 8.85. The van der Waals surface area contributed by atoms with Crippen LogP contribution in [0, 0.1) is 0 Å².